The van der Waals surface area contributed by atoms with Gasteiger partial charge in [0.1, 0.15) is 13.2 Å². The van der Waals surface area contributed by atoms with E-state index in [-0.39, 0.29) is 24.0 Å². The van der Waals surface area contributed by atoms with E-state index in [4.69, 9.17) is 9.47 Å². The first kappa shape index (κ1) is 24.5. The number of carboxylic acids is 2. The third-order valence-corrected chi connectivity index (χ3v) is 3.92. The van der Waals surface area contributed by atoms with Crippen LogP contribution in [0, 0.1) is 0 Å². The second-order valence-electron chi connectivity index (χ2n) is 6.12. The van der Waals surface area contributed by atoms with Crippen molar-refractivity contribution >= 4 is 23.9 Å². The summed E-state index contributed by atoms with van der Waals surface area (Å²) in [6.45, 7) is 5.52. The van der Waals surface area contributed by atoms with Gasteiger partial charge >= 0.3 is 23.9 Å². The third kappa shape index (κ3) is 7.15. The lowest BCUT2D eigenvalue weighted by atomic mass is 9.89. The van der Waals surface area contributed by atoms with E-state index in [9.17, 15) is 39.6 Å². The second kappa shape index (κ2) is 11.5. The molecule has 2 unspecified atom stereocenters. The Balaban J connectivity index is 3.24. The predicted octanol–water partition coefficient (Wildman–Crippen LogP) is 0.348. The van der Waals surface area contributed by atoms with Crippen LogP contribution >= 0.6 is 0 Å². The molecule has 0 heterocycles. The molecule has 30 heavy (non-hydrogen) atoms. The zero-order valence-electron chi connectivity index (χ0n) is 15.9. The number of aromatic carboxylic acids is 2. The number of carbonyl (C=O) groups excluding carboxylic acids is 2. The van der Waals surface area contributed by atoms with Crippen LogP contribution in [0.15, 0.2) is 37.4 Å². The van der Waals surface area contributed by atoms with Crippen LogP contribution < -0.4 is 0 Å². The van der Waals surface area contributed by atoms with E-state index in [1.54, 1.807) is 0 Å². The van der Waals surface area contributed by atoms with Crippen LogP contribution in [0.3, 0.4) is 0 Å². The van der Waals surface area contributed by atoms with Crippen molar-refractivity contribution in [3.8, 4) is 0 Å². The van der Waals surface area contributed by atoms with Gasteiger partial charge < -0.3 is 29.9 Å². The number of aliphatic hydroxyl groups is 2. The Morgan fingerprint density at radius 1 is 0.867 bits per heavy atom. The van der Waals surface area contributed by atoms with Crippen molar-refractivity contribution in [2.45, 2.75) is 25.0 Å². The number of carbonyl (C=O) groups is 4. The summed E-state index contributed by atoms with van der Waals surface area (Å²) >= 11 is 0. The lowest BCUT2D eigenvalue weighted by Gasteiger charge is -2.19. The monoisotopic (exact) mass is 422 g/mol. The van der Waals surface area contributed by atoms with Crippen molar-refractivity contribution in [2.24, 2.45) is 0 Å². The van der Waals surface area contributed by atoms with Gasteiger partial charge in [-0.05, 0) is 17.2 Å². The highest BCUT2D eigenvalue weighted by Gasteiger charge is 2.26. The Bertz CT molecular complexity index is 842. The van der Waals surface area contributed by atoms with Crippen molar-refractivity contribution in [1.82, 2.24) is 0 Å². The van der Waals surface area contributed by atoms with E-state index in [1.165, 1.54) is 6.07 Å². The van der Waals surface area contributed by atoms with E-state index in [0.717, 1.165) is 18.2 Å². The highest BCUT2D eigenvalue weighted by Crippen LogP contribution is 2.24. The van der Waals surface area contributed by atoms with Gasteiger partial charge in [-0.25, -0.2) is 19.2 Å². The molecule has 0 saturated heterocycles. The van der Waals surface area contributed by atoms with E-state index in [1.807, 2.05) is 0 Å². The smallest absolute Gasteiger partial charge is 0.336 e. The van der Waals surface area contributed by atoms with E-state index in [0.29, 0.717) is 0 Å². The Hall–Kier alpha value is -3.50. The summed E-state index contributed by atoms with van der Waals surface area (Å²) < 4.78 is 9.44. The van der Waals surface area contributed by atoms with Crippen molar-refractivity contribution in [3.63, 3.8) is 0 Å². The summed E-state index contributed by atoms with van der Waals surface area (Å²) in [6, 6.07) is 2.36. The molecule has 0 saturated carbocycles. The Morgan fingerprint density at radius 3 is 1.80 bits per heavy atom. The van der Waals surface area contributed by atoms with Crippen LogP contribution in [-0.2, 0) is 31.9 Å². The normalized spacial score (nSPS) is 12.3. The molecule has 162 valence electrons. The van der Waals surface area contributed by atoms with Crippen molar-refractivity contribution in [3.05, 3.63) is 59.7 Å². The number of rotatable bonds is 12. The van der Waals surface area contributed by atoms with Gasteiger partial charge in [-0.15, -0.1) is 0 Å². The van der Waals surface area contributed by atoms with E-state index >= 15 is 0 Å². The largest absolute Gasteiger partial charge is 0.478 e. The van der Waals surface area contributed by atoms with Gasteiger partial charge in [0.15, 0.2) is 0 Å². The second-order valence-corrected chi connectivity index (χ2v) is 6.12. The van der Waals surface area contributed by atoms with E-state index in [2.05, 4.69) is 13.2 Å². The van der Waals surface area contributed by atoms with Crippen LogP contribution in [0.25, 0.3) is 0 Å². The maximum absolute atomic E-state index is 11.7. The van der Waals surface area contributed by atoms with Crippen LogP contribution in [0.2, 0.25) is 0 Å². The van der Waals surface area contributed by atoms with E-state index < -0.39 is 60.4 Å². The zero-order chi connectivity index (χ0) is 22.8. The highest BCUT2D eigenvalue weighted by molar-refractivity contribution is 6.03. The number of benzene rings is 1. The molecule has 0 aliphatic rings. The quantitative estimate of drug-likeness (QED) is 0.272. The summed E-state index contributed by atoms with van der Waals surface area (Å²) in [7, 11) is 0. The molecule has 2 atom stereocenters. The average molecular weight is 422 g/mol. The maximum Gasteiger partial charge on any atom is 0.336 e. The van der Waals surface area contributed by atoms with Gasteiger partial charge in [-0.2, -0.15) is 0 Å². The molecule has 0 aliphatic carbocycles. The molecule has 0 spiro atoms. The molecule has 1 aromatic carbocycles. The topological polar surface area (TPSA) is 168 Å². The minimum Gasteiger partial charge on any atom is -0.478 e. The molecule has 1 rings (SSSR count). The number of ether oxygens (including phenoxy) is 2. The summed E-state index contributed by atoms with van der Waals surface area (Å²) in [5, 5.41) is 39.1. The maximum atomic E-state index is 11.7. The number of hydrogen-bond donors (Lipinski definition) is 4. The average Bonchev–Trinajstić information content (AvgIpc) is 2.70. The first-order valence-electron chi connectivity index (χ1n) is 8.66. The van der Waals surface area contributed by atoms with Gasteiger partial charge in [0.2, 0.25) is 0 Å². The third-order valence-electron chi connectivity index (χ3n) is 3.92. The first-order chi connectivity index (χ1) is 14.1. The van der Waals surface area contributed by atoms with Crippen LogP contribution in [0.1, 0.15) is 31.8 Å². The number of hydrogen-bond acceptors (Lipinski definition) is 8. The van der Waals surface area contributed by atoms with Gasteiger partial charge in [0.05, 0.1) is 23.3 Å². The molecule has 10 nitrogen and oxygen atoms in total. The molecular weight excluding hydrogens is 400 g/mol. The SMILES string of the molecule is C=CC(=O)OCC(O)Cc1ccc(C(=O)O)c(C(=O)O)c1CC(O)COC(=O)C=C. The summed E-state index contributed by atoms with van der Waals surface area (Å²) in [6.07, 6.45) is -1.37. The van der Waals surface area contributed by atoms with Crippen molar-refractivity contribution < 1.29 is 49.1 Å². The van der Waals surface area contributed by atoms with Gasteiger partial charge in [-0.1, -0.05) is 19.2 Å². The summed E-state index contributed by atoms with van der Waals surface area (Å²) in [5.74, 6) is -4.60. The number of esters is 2. The lowest BCUT2D eigenvalue weighted by Crippen LogP contribution is -2.26. The first-order valence-corrected chi connectivity index (χ1v) is 8.66. The fourth-order valence-electron chi connectivity index (χ4n) is 2.62. The van der Waals surface area contributed by atoms with Crippen molar-refractivity contribution in [1.29, 1.82) is 0 Å². The van der Waals surface area contributed by atoms with Gasteiger partial charge in [-0.3, -0.25) is 0 Å². The zero-order valence-corrected chi connectivity index (χ0v) is 15.9. The molecule has 10 heteroatoms. The van der Waals surface area contributed by atoms with Crippen LogP contribution in [0.5, 0.6) is 0 Å². The Kier molecular flexibility index (Phi) is 9.40. The minimum absolute atomic E-state index is 0.0568. The molecule has 0 radical (unpaired) electrons. The summed E-state index contributed by atoms with van der Waals surface area (Å²) in [5.41, 5.74) is -0.916. The molecule has 0 fully saturated rings. The molecule has 1 aromatic rings. The lowest BCUT2D eigenvalue weighted by molar-refractivity contribution is -0.141. The van der Waals surface area contributed by atoms with Crippen LogP contribution in [-0.4, -0.2) is 69.7 Å². The molecular formula is C20H22O10. The number of aliphatic hydroxyl groups excluding tert-OH is 2. The molecule has 0 aromatic heterocycles. The molecule has 0 amide bonds. The molecule has 4 N–H and O–H groups in total. The highest BCUT2D eigenvalue weighted by atomic mass is 16.5. The Morgan fingerprint density at radius 2 is 1.37 bits per heavy atom. The van der Waals surface area contributed by atoms with Crippen LogP contribution in [0.4, 0.5) is 0 Å². The fourth-order valence-corrected chi connectivity index (χ4v) is 2.62. The minimum atomic E-state index is -1.55. The number of carboxylic acid groups (broad SMARTS) is 2. The van der Waals surface area contributed by atoms with Gasteiger partial charge in [0, 0.05) is 25.0 Å². The standard InChI is InChI=1S/C20H22O10/c1-3-16(23)29-9-12(21)7-11-5-6-14(19(25)26)18(20(27)28)15(11)8-13(22)10-30-17(24)4-2/h3-6,12-13,21-22H,1-2,7-10H2,(H,25,26)(H,27,28). The van der Waals surface area contributed by atoms with Crippen molar-refractivity contribution in [2.75, 3.05) is 13.2 Å². The van der Waals surface area contributed by atoms with Gasteiger partial charge in [0.25, 0.3) is 0 Å². The molecule has 0 bridgehead atoms. The molecule has 0 aliphatic heterocycles. The summed E-state index contributed by atoms with van der Waals surface area (Å²) in [4.78, 5) is 45.5. The Labute approximate surface area is 171 Å². The fraction of sp³-hybridized carbons (Fsp3) is 0.300. The predicted molar refractivity (Wildman–Crippen MR) is 102 cm³/mol.